The van der Waals surface area contributed by atoms with Crippen molar-refractivity contribution in [3.05, 3.63) is 28.2 Å². The maximum atomic E-state index is 12.2. The molecule has 0 aromatic heterocycles. The molecule has 0 radical (unpaired) electrons. The van der Waals surface area contributed by atoms with Crippen LogP contribution in [0, 0.1) is 5.92 Å². The van der Waals surface area contributed by atoms with Crippen LogP contribution in [0.2, 0.25) is 0 Å². The van der Waals surface area contributed by atoms with E-state index >= 15 is 0 Å². The molecule has 7 heteroatoms. The number of amides is 1. The molecule has 1 amide bonds. The van der Waals surface area contributed by atoms with Crippen molar-refractivity contribution < 1.29 is 14.7 Å². The predicted molar refractivity (Wildman–Crippen MR) is 78.8 cm³/mol. The van der Waals surface area contributed by atoms with Gasteiger partial charge in [0.15, 0.2) is 5.84 Å². The number of benzene rings is 1. The molecule has 1 atom stereocenters. The summed E-state index contributed by atoms with van der Waals surface area (Å²) in [4.78, 5) is 12.2. The number of carbonyl (C=O) groups excluding carboxylic acids is 1. The Hall–Kier alpha value is -1.60. The van der Waals surface area contributed by atoms with Crippen molar-refractivity contribution >= 4 is 33.4 Å². The van der Waals surface area contributed by atoms with Crippen LogP contribution in [-0.4, -0.2) is 30.2 Å². The average molecular weight is 342 g/mol. The number of nitrogens with zero attached hydrogens (tertiary/aromatic N) is 1. The van der Waals surface area contributed by atoms with Gasteiger partial charge in [-0.25, -0.2) is 0 Å². The third kappa shape index (κ3) is 3.49. The number of hydrogen-bond acceptors (Lipinski definition) is 4. The number of hydrogen-bond donors (Lipinski definition) is 3. The summed E-state index contributed by atoms with van der Waals surface area (Å²) < 4.78 is 6.10. The highest BCUT2D eigenvalue weighted by Crippen LogP contribution is 2.23. The molecule has 1 fully saturated rings. The van der Waals surface area contributed by atoms with Gasteiger partial charge >= 0.3 is 0 Å². The molecule has 0 aliphatic carbocycles. The van der Waals surface area contributed by atoms with Gasteiger partial charge in [0, 0.05) is 16.6 Å². The molecule has 6 nitrogen and oxygen atoms in total. The number of nitrogens with one attached hydrogen (secondary N) is 1. The first-order valence-corrected chi connectivity index (χ1v) is 7.07. The fourth-order valence-corrected chi connectivity index (χ4v) is 2.44. The van der Waals surface area contributed by atoms with Crippen LogP contribution in [0.4, 0.5) is 5.69 Å². The van der Waals surface area contributed by atoms with E-state index in [1.54, 1.807) is 18.2 Å². The Balaban J connectivity index is 2.19. The van der Waals surface area contributed by atoms with Crippen molar-refractivity contribution in [2.45, 2.75) is 12.8 Å². The Labute approximate surface area is 125 Å². The number of ether oxygens (including phenoxy) is 1. The molecule has 1 aromatic rings. The van der Waals surface area contributed by atoms with E-state index in [1.807, 2.05) is 0 Å². The minimum absolute atomic E-state index is 0.0484. The Kier molecular flexibility index (Phi) is 4.97. The third-order valence-corrected chi connectivity index (χ3v) is 3.65. The summed E-state index contributed by atoms with van der Waals surface area (Å²) in [5, 5.41) is 14.6. The van der Waals surface area contributed by atoms with Crippen LogP contribution in [0.3, 0.4) is 0 Å². The first-order chi connectivity index (χ1) is 9.61. The zero-order chi connectivity index (χ0) is 14.5. The molecular weight excluding hydrogens is 326 g/mol. The van der Waals surface area contributed by atoms with E-state index in [0.29, 0.717) is 24.5 Å². The fraction of sp³-hybridized carbons (Fsp3) is 0.385. The number of anilines is 1. The minimum atomic E-state index is -0.164. The van der Waals surface area contributed by atoms with Gasteiger partial charge in [0.1, 0.15) is 0 Å². The highest BCUT2D eigenvalue weighted by molar-refractivity contribution is 9.10. The van der Waals surface area contributed by atoms with Crippen LogP contribution >= 0.6 is 15.9 Å². The largest absolute Gasteiger partial charge is 0.409 e. The van der Waals surface area contributed by atoms with Crippen molar-refractivity contribution in [3.63, 3.8) is 0 Å². The lowest BCUT2D eigenvalue weighted by molar-refractivity contribution is -0.123. The third-order valence-electron chi connectivity index (χ3n) is 3.15. The Morgan fingerprint density at radius 3 is 3.00 bits per heavy atom. The highest BCUT2D eigenvalue weighted by Gasteiger charge is 2.23. The average Bonchev–Trinajstić information content (AvgIpc) is 2.47. The van der Waals surface area contributed by atoms with Gasteiger partial charge in [0.25, 0.3) is 0 Å². The first-order valence-electron chi connectivity index (χ1n) is 6.28. The second kappa shape index (κ2) is 6.71. The lowest BCUT2D eigenvalue weighted by atomic mass is 10.0. The van der Waals surface area contributed by atoms with E-state index in [9.17, 15) is 4.79 Å². The van der Waals surface area contributed by atoms with E-state index in [2.05, 4.69) is 26.4 Å². The van der Waals surface area contributed by atoms with E-state index in [4.69, 9.17) is 15.7 Å². The van der Waals surface area contributed by atoms with Gasteiger partial charge in [0.2, 0.25) is 5.91 Å². The summed E-state index contributed by atoms with van der Waals surface area (Å²) in [6.07, 6.45) is 1.68. The second-order valence-electron chi connectivity index (χ2n) is 4.58. The van der Waals surface area contributed by atoms with Crippen LogP contribution < -0.4 is 11.1 Å². The molecule has 1 aliphatic rings. The maximum absolute atomic E-state index is 12.2. The maximum Gasteiger partial charge on any atom is 0.229 e. The monoisotopic (exact) mass is 341 g/mol. The highest BCUT2D eigenvalue weighted by atomic mass is 79.9. The van der Waals surface area contributed by atoms with Crippen LogP contribution in [0.5, 0.6) is 0 Å². The molecule has 4 N–H and O–H groups in total. The first kappa shape index (κ1) is 14.8. The van der Waals surface area contributed by atoms with E-state index in [0.717, 1.165) is 17.3 Å². The summed E-state index contributed by atoms with van der Waals surface area (Å²) in [6.45, 7) is 1.13. The number of nitrogens with two attached hydrogens (primary N) is 1. The molecular formula is C13H16BrN3O3. The smallest absolute Gasteiger partial charge is 0.229 e. The van der Waals surface area contributed by atoms with Gasteiger partial charge in [-0.2, -0.15) is 0 Å². The van der Waals surface area contributed by atoms with E-state index in [1.165, 1.54) is 0 Å². The van der Waals surface area contributed by atoms with Crippen molar-refractivity contribution in [1.29, 1.82) is 0 Å². The van der Waals surface area contributed by atoms with Crippen molar-refractivity contribution in [3.8, 4) is 0 Å². The molecule has 20 heavy (non-hydrogen) atoms. The summed E-state index contributed by atoms with van der Waals surface area (Å²) >= 11 is 3.33. The standard InChI is InChI=1S/C13H16BrN3O3/c14-9-3-4-10(12(15)17-19)11(6-9)16-13(18)8-2-1-5-20-7-8/h3-4,6,8,19H,1-2,5,7H2,(H2,15,17)(H,16,18). The Morgan fingerprint density at radius 1 is 1.55 bits per heavy atom. The zero-order valence-corrected chi connectivity index (χ0v) is 12.4. The van der Waals surface area contributed by atoms with Gasteiger partial charge < -0.3 is 21.0 Å². The molecule has 0 spiro atoms. The quantitative estimate of drug-likeness (QED) is 0.338. The lowest BCUT2D eigenvalue weighted by Crippen LogP contribution is -2.31. The number of carbonyl (C=O) groups is 1. The number of amidine groups is 1. The molecule has 0 saturated carbocycles. The Bertz CT molecular complexity index is 528. The molecule has 108 valence electrons. The molecule has 1 saturated heterocycles. The van der Waals surface area contributed by atoms with Gasteiger partial charge in [-0.05, 0) is 31.0 Å². The van der Waals surface area contributed by atoms with E-state index < -0.39 is 0 Å². The van der Waals surface area contributed by atoms with Crippen LogP contribution in [0.15, 0.2) is 27.8 Å². The van der Waals surface area contributed by atoms with Crippen molar-refractivity contribution in [2.24, 2.45) is 16.8 Å². The Morgan fingerprint density at radius 2 is 2.35 bits per heavy atom. The van der Waals surface area contributed by atoms with Crippen LogP contribution in [0.1, 0.15) is 18.4 Å². The van der Waals surface area contributed by atoms with Gasteiger partial charge in [0.05, 0.1) is 18.2 Å². The molecule has 2 rings (SSSR count). The number of rotatable bonds is 3. The minimum Gasteiger partial charge on any atom is -0.409 e. The van der Waals surface area contributed by atoms with Gasteiger partial charge in [-0.15, -0.1) is 0 Å². The molecule has 1 unspecified atom stereocenters. The van der Waals surface area contributed by atoms with Gasteiger partial charge in [-0.3, -0.25) is 4.79 Å². The molecule has 0 bridgehead atoms. The molecule has 1 aliphatic heterocycles. The SMILES string of the molecule is N/C(=N/O)c1ccc(Br)cc1NC(=O)C1CCCOC1. The summed E-state index contributed by atoms with van der Waals surface area (Å²) in [5.74, 6) is -0.328. The van der Waals surface area contributed by atoms with Gasteiger partial charge in [-0.1, -0.05) is 21.1 Å². The van der Waals surface area contributed by atoms with Crippen molar-refractivity contribution in [1.82, 2.24) is 0 Å². The molecule has 1 aromatic carbocycles. The van der Waals surface area contributed by atoms with Crippen molar-refractivity contribution in [2.75, 3.05) is 18.5 Å². The van der Waals surface area contributed by atoms with Crippen LogP contribution in [-0.2, 0) is 9.53 Å². The normalized spacial score (nSPS) is 19.6. The van der Waals surface area contributed by atoms with Crippen LogP contribution in [0.25, 0.3) is 0 Å². The second-order valence-corrected chi connectivity index (χ2v) is 5.49. The lowest BCUT2D eigenvalue weighted by Gasteiger charge is -2.22. The fourth-order valence-electron chi connectivity index (χ4n) is 2.08. The summed E-state index contributed by atoms with van der Waals surface area (Å²) in [6, 6.07) is 5.15. The molecule has 1 heterocycles. The predicted octanol–water partition coefficient (Wildman–Crippen LogP) is 1.91. The van der Waals surface area contributed by atoms with E-state index in [-0.39, 0.29) is 17.7 Å². The summed E-state index contributed by atoms with van der Waals surface area (Å²) in [5.41, 5.74) is 6.59. The topological polar surface area (TPSA) is 96.9 Å². The number of oxime groups is 1. The zero-order valence-electron chi connectivity index (χ0n) is 10.8. The number of halogens is 1. The summed E-state index contributed by atoms with van der Waals surface area (Å²) in [7, 11) is 0.